The number of halogens is 1. The molecule has 1 saturated carbocycles. The van der Waals surface area contributed by atoms with Crippen LogP contribution in [0.1, 0.15) is 24.0 Å². The highest BCUT2D eigenvalue weighted by Crippen LogP contribution is 2.31. The molecule has 0 unspecified atom stereocenters. The number of anilines is 2. The Kier molecular flexibility index (Phi) is 5.78. The van der Waals surface area contributed by atoms with Crippen molar-refractivity contribution in [1.82, 2.24) is 5.32 Å². The first-order valence-corrected chi connectivity index (χ1v) is 9.07. The first-order valence-electron chi connectivity index (χ1n) is 8.69. The van der Waals surface area contributed by atoms with E-state index in [1.165, 1.54) is 0 Å². The van der Waals surface area contributed by atoms with E-state index in [1.54, 1.807) is 6.07 Å². The Hall–Kier alpha value is -2.53. The van der Waals surface area contributed by atoms with Gasteiger partial charge in [-0.15, -0.1) is 0 Å². The SMILES string of the molecule is Cc1c(NCC(=O)NCc2ccccc2Cl)cccc1NC(=O)C1CC1. The Labute approximate surface area is 158 Å². The lowest BCUT2D eigenvalue weighted by Crippen LogP contribution is -2.29. The highest BCUT2D eigenvalue weighted by Gasteiger charge is 2.29. The number of hydrogen-bond acceptors (Lipinski definition) is 3. The predicted octanol–water partition coefficient (Wildman–Crippen LogP) is 3.73. The summed E-state index contributed by atoms with van der Waals surface area (Å²) in [4.78, 5) is 24.0. The van der Waals surface area contributed by atoms with E-state index in [9.17, 15) is 9.59 Å². The second-order valence-corrected chi connectivity index (χ2v) is 6.87. The average Bonchev–Trinajstić information content (AvgIpc) is 3.47. The van der Waals surface area contributed by atoms with E-state index < -0.39 is 0 Å². The summed E-state index contributed by atoms with van der Waals surface area (Å²) in [6.45, 7) is 2.45. The highest BCUT2D eigenvalue weighted by molar-refractivity contribution is 6.31. The summed E-state index contributed by atoms with van der Waals surface area (Å²) in [5.74, 6) is 0.0982. The van der Waals surface area contributed by atoms with Gasteiger partial charge in [-0.2, -0.15) is 0 Å². The molecule has 0 bridgehead atoms. The third kappa shape index (κ3) is 4.76. The van der Waals surface area contributed by atoms with E-state index in [-0.39, 0.29) is 24.3 Å². The maximum absolute atomic E-state index is 12.1. The minimum absolute atomic E-state index is 0.0720. The van der Waals surface area contributed by atoms with Crippen LogP contribution in [0.4, 0.5) is 11.4 Å². The number of carbonyl (C=O) groups is 2. The van der Waals surface area contributed by atoms with Crippen molar-refractivity contribution in [1.29, 1.82) is 0 Å². The second-order valence-electron chi connectivity index (χ2n) is 6.46. The van der Waals surface area contributed by atoms with Gasteiger partial charge >= 0.3 is 0 Å². The summed E-state index contributed by atoms with van der Waals surface area (Å²) in [5, 5.41) is 9.56. The molecule has 3 N–H and O–H groups in total. The van der Waals surface area contributed by atoms with Gasteiger partial charge in [-0.3, -0.25) is 9.59 Å². The molecule has 0 heterocycles. The maximum Gasteiger partial charge on any atom is 0.239 e. The van der Waals surface area contributed by atoms with Crippen LogP contribution in [0, 0.1) is 12.8 Å². The van der Waals surface area contributed by atoms with E-state index in [4.69, 9.17) is 11.6 Å². The van der Waals surface area contributed by atoms with E-state index >= 15 is 0 Å². The topological polar surface area (TPSA) is 70.2 Å². The lowest BCUT2D eigenvalue weighted by Gasteiger charge is -2.14. The largest absolute Gasteiger partial charge is 0.376 e. The normalized spacial score (nSPS) is 13.2. The van der Waals surface area contributed by atoms with Gasteiger partial charge < -0.3 is 16.0 Å². The third-order valence-corrected chi connectivity index (χ3v) is 4.78. The number of nitrogens with one attached hydrogen (secondary N) is 3. The second kappa shape index (κ2) is 8.23. The Balaban J connectivity index is 1.53. The molecular formula is C20H22ClN3O2. The number of benzene rings is 2. The summed E-state index contributed by atoms with van der Waals surface area (Å²) >= 11 is 6.09. The summed E-state index contributed by atoms with van der Waals surface area (Å²) < 4.78 is 0. The van der Waals surface area contributed by atoms with Crippen molar-refractivity contribution in [2.45, 2.75) is 26.3 Å². The Morgan fingerprint density at radius 1 is 1.08 bits per heavy atom. The number of rotatable bonds is 7. The average molecular weight is 372 g/mol. The van der Waals surface area contributed by atoms with Crippen LogP contribution in [0.15, 0.2) is 42.5 Å². The molecule has 6 heteroatoms. The standard InChI is InChI=1S/C20H22ClN3O2/c1-13-17(7-4-8-18(13)24-20(26)14-9-10-14)22-12-19(25)23-11-15-5-2-3-6-16(15)21/h2-8,14,22H,9-12H2,1H3,(H,23,25)(H,24,26). The van der Waals surface area contributed by atoms with Gasteiger partial charge in [0, 0.05) is 28.9 Å². The lowest BCUT2D eigenvalue weighted by molar-refractivity contribution is -0.119. The molecule has 26 heavy (non-hydrogen) atoms. The van der Waals surface area contributed by atoms with Crippen molar-refractivity contribution in [2.75, 3.05) is 17.2 Å². The predicted molar refractivity (Wildman–Crippen MR) is 104 cm³/mol. The van der Waals surface area contributed by atoms with Gasteiger partial charge in [0.2, 0.25) is 11.8 Å². The molecule has 1 aliphatic rings. The molecule has 1 fully saturated rings. The molecular weight excluding hydrogens is 350 g/mol. The minimum atomic E-state index is -0.128. The molecule has 5 nitrogen and oxygen atoms in total. The van der Waals surface area contributed by atoms with Gasteiger partial charge in [0.25, 0.3) is 0 Å². The van der Waals surface area contributed by atoms with Crippen LogP contribution in [-0.2, 0) is 16.1 Å². The van der Waals surface area contributed by atoms with Crippen LogP contribution in [0.5, 0.6) is 0 Å². The Bertz CT molecular complexity index is 818. The molecule has 2 amide bonds. The molecule has 0 spiro atoms. The fourth-order valence-electron chi connectivity index (χ4n) is 2.62. The summed E-state index contributed by atoms with van der Waals surface area (Å²) in [5.41, 5.74) is 3.40. The summed E-state index contributed by atoms with van der Waals surface area (Å²) in [7, 11) is 0. The van der Waals surface area contributed by atoms with Crippen LogP contribution in [0.3, 0.4) is 0 Å². The van der Waals surface area contributed by atoms with Gasteiger partial charge in [0.05, 0.1) is 6.54 Å². The zero-order valence-electron chi connectivity index (χ0n) is 14.6. The third-order valence-electron chi connectivity index (χ3n) is 4.41. The van der Waals surface area contributed by atoms with Crippen molar-refractivity contribution in [2.24, 2.45) is 5.92 Å². The molecule has 0 radical (unpaired) electrons. The summed E-state index contributed by atoms with van der Waals surface area (Å²) in [6, 6.07) is 13.0. The molecule has 0 aromatic heterocycles. The van der Waals surface area contributed by atoms with Crippen LogP contribution < -0.4 is 16.0 Å². The van der Waals surface area contributed by atoms with E-state index in [0.717, 1.165) is 35.3 Å². The first-order chi connectivity index (χ1) is 12.5. The van der Waals surface area contributed by atoms with Crippen molar-refractivity contribution in [3.8, 4) is 0 Å². The van der Waals surface area contributed by atoms with Crippen LogP contribution >= 0.6 is 11.6 Å². The minimum Gasteiger partial charge on any atom is -0.376 e. The van der Waals surface area contributed by atoms with Crippen molar-refractivity contribution >= 4 is 34.8 Å². The van der Waals surface area contributed by atoms with E-state index in [2.05, 4.69) is 16.0 Å². The van der Waals surface area contributed by atoms with Gasteiger partial charge in [0.1, 0.15) is 0 Å². The molecule has 2 aromatic rings. The van der Waals surface area contributed by atoms with Crippen LogP contribution in [-0.4, -0.2) is 18.4 Å². The maximum atomic E-state index is 12.1. The summed E-state index contributed by atoms with van der Waals surface area (Å²) in [6.07, 6.45) is 1.93. The molecule has 0 atom stereocenters. The van der Waals surface area contributed by atoms with Crippen LogP contribution in [0.25, 0.3) is 0 Å². The molecule has 0 saturated heterocycles. The fourth-order valence-corrected chi connectivity index (χ4v) is 2.82. The highest BCUT2D eigenvalue weighted by atomic mass is 35.5. The zero-order chi connectivity index (χ0) is 18.5. The quantitative estimate of drug-likeness (QED) is 0.694. The van der Waals surface area contributed by atoms with Gasteiger partial charge in [-0.25, -0.2) is 0 Å². The van der Waals surface area contributed by atoms with Gasteiger partial charge in [-0.1, -0.05) is 35.9 Å². The Morgan fingerprint density at radius 3 is 2.54 bits per heavy atom. The zero-order valence-corrected chi connectivity index (χ0v) is 15.4. The molecule has 136 valence electrons. The van der Waals surface area contributed by atoms with Gasteiger partial charge in [0.15, 0.2) is 0 Å². The Morgan fingerprint density at radius 2 is 1.81 bits per heavy atom. The van der Waals surface area contributed by atoms with E-state index in [0.29, 0.717) is 11.6 Å². The molecule has 2 aromatic carbocycles. The molecule has 0 aliphatic heterocycles. The first kappa shape index (κ1) is 18.3. The monoisotopic (exact) mass is 371 g/mol. The number of carbonyl (C=O) groups excluding carboxylic acids is 2. The van der Waals surface area contributed by atoms with Crippen molar-refractivity contribution in [3.63, 3.8) is 0 Å². The van der Waals surface area contributed by atoms with Crippen LogP contribution in [0.2, 0.25) is 5.02 Å². The fraction of sp³-hybridized carbons (Fsp3) is 0.300. The van der Waals surface area contributed by atoms with Crippen molar-refractivity contribution in [3.05, 3.63) is 58.6 Å². The number of hydrogen-bond donors (Lipinski definition) is 3. The smallest absolute Gasteiger partial charge is 0.239 e. The van der Waals surface area contributed by atoms with Gasteiger partial charge in [-0.05, 0) is 49.1 Å². The van der Waals surface area contributed by atoms with E-state index in [1.807, 2.05) is 43.3 Å². The number of amides is 2. The van der Waals surface area contributed by atoms with Crippen molar-refractivity contribution < 1.29 is 9.59 Å². The molecule has 3 rings (SSSR count). The lowest BCUT2D eigenvalue weighted by atomic mass is 10.1. The molecule has 1 aliphatic carbocycles.